The number of aromatic nitrogens is 2. The van der Waals surface area contributed by atoms with Crippen LogP contribution in [0.1, 0.15) is 6.42 Å². The molecule has 0 fully saturated rings. The van der Waals surface area contributed by atoms with Crippen molar-refractivity contribution in [3.63, 3.8) is 0 Å². The number of benzene rings is 1. The van der Waals surface area contributed by atoms with Gasteiger partial charge in [-0.25, -0.2) is 4.57 Å². The summed E-state index contributed by atoms with van der Waals surface area (Å²) < 4.78 is 7.21. The topological polar surface area (TPSA) is 84.1 Å². The van der Waals surface area contributed by atoms with Gasteiger partial charge in [0.1, 0.15) is 18.1 Å². The highest BCUT2D eigenvalue weighted by Gasteiger charge is 2.10. The molecule has 7 nitrogen and oxygen atoms in total. The third-order valence-corrected chi connectivity index (χ3v) is 2.91. The van der Waals surface area contributed by atoms with Crippen molar-refractivity contribution in [3.8, 4) is 5.75 Å². The van der Waals surface area contributed by atoms with Crippen LogP contribution < -0.4 is 14.6 Å². The second-order valence-electron chi connectivity index (χ2n) is 4.27. The maximum Gasteiger partial charge on any atom is 0.273 e. The highest BCUT2D eigenvalue weighted by atomic mass is 16.6. The van der Waals surface area contributed by atoms with Gasteiger partial charge in [0.25, 0.3) is 5.69 Å². The Labute approximate surface area is 116 Å². The van der Waals surface area contributed by atoms with Crippen LogP contribution in [0, 0.1) is 10.1 Å². The summed E-state index contributed by atoms with van der Waals surface area (Å²) in [5.74, 6) is 0.480. The lowest BCUT2D eigenvalue weighted by atomic mass is 10.2. The summed E-state index contributed by atoms with van der Waals surface area (Å²) in [4.78, 5) is 13.2. The first-order valence-corrected chi connectivity index (χ1v) is 6.29. The van der Waals surface area contributed by atoms with Crippen molar-refractivity contribution in [2.75, 3.05) is 19.0 Å². The van der Waals surface area contributed by atoms with E-state index in [1.807, 2.05) is 18.7 Å². The van der Waals surface area contributed by atoms with E-state index in [0.29, 0.717) is 5.75 Å². The Morgan fingerprint density at radius 1 is 1.50 bits per heavy atom. The van der Waals surface area contributed by atoms with Gasteiger partial charge in [-0.05, 0) is 6.07 Å². The molecule has 0 atom stereocenters. The number of anilines is 1. The van der Waals surface area contributed by atoms with E-state index in [1.54, 1.807) is 6.07 Å². The minimum Gasteiger partial charge on any atom is -0.494 e. The van der Waals surface area contributed by atoms with Crippen molar-refractivity contribution < 1.29 is 14.2 Å². The third kappa shape index (κ3) is 3.47. The van der Waals surface area contributed by atoms with E-state index in [0.717, 1.165) is 25.2 Å². The molecule has 2 N–H and O–H groups in total. The number of methoxy groups -OCH3 is 1. The van der Waals surface area contributed by atoms with Gasteiger partial charge in [-0.3, -0.25) is 15.1 Å². The van der Waals surface area contributed by atoms with Gasteiger partial charge < -0.3 is 10.1 Å². The lowest BCUT2D eigenvalue weighted by Crippen LogP contribution is -2.31. The molecular weight excluding hydrogens is 260 g/mol. The molecule has 0 bridgehead atoms. The van der Waals surface area contributed by atoms with Crippen molar-refractivity contribution in [2.24, 2.45) is 0 Å². The summed E-state index contributed by atoms with van der Waals surface area (Å²) in [7, 11) is 1.50. The average molecular weight is 277 g/mol. The molecule has 0 aliphatic heterocycles. The summed E-state index contributed by atoms with van der Waals surface area (Å²) in [5.41, 5.74) is 0.785. The Bertz CT molecular complexity index is 569. The predicted molar refractivity (Wildman–Crippen MR) is 73.7 cm³/mol. The van der Waals surface area contributed by atoms with Gasteiger partial charge >= 0.3 is 0 Å². The van der Waals surface area contributed by atoms with Crippen LogP contribution >= 0.6 is 0 Å². The Morgan fingerprint density at radius 3 is 3.00 bits per heavy atom. The number of rotatable bonds is 7. The van der Waals surface area contributed by atoms with Crippen molar-refractivity contribution >= 4 is 11.4 Å². The van der Waals surface area contributed by atoms with E-state index in [2.05, 4.69) is 14.9 Å². The fraction of sp³-hybridized carbons (Fsp3) is 0.308. The Balaban J connectivity index is 1.90. The molecule has 0 amide bonds. The van der Waals surface area contributed by atoms with E-state index in [1.165, 1.54) is 19.2 Å². The van der Waals surface area contributed by atoms with Gasteiger partial charge in [0.2, 0.25) is 6.33 Å². The molecule has 106 valence electrons. The first kappa shape index (κ1) is 13.9. The molecule has 0 spiro atoms. The number of hydrogen-bond donors (Lipinski definition) is 2. The van der Waals surface area contributed by atoms with E-state index >= 15 is 0 Å². The highest BCUT2D eigenvalue weighted by Crippen LogP contribution is 2.28. The van der Waals surface area contributed by atoms with Gasteiger partial charge in [0.05, 0.1) is 30.3 Å². The van der Waals surface area contributed by atoms with Gasteiger partial charge in [0.15, 0.2) is 0 Å². The molecule has 1 aromatic heterocycles. The largest absolute Gasteiger partial charge is 0.494 e. The summed E-state index contributed by atoms with van der Waals surface area (Å²) >= 11 is 0. The molecule has 7 heteroatoms. The Morgan fingerprint density at radius 2 is 2.35 bits per heavy atom. The molecule has 20 heavy (non-hydrogen) atoms. The molecule has 0 saturated carbocycles. The number of aryl methyl sites for hydroxylation is 1. The van der Waals surface area contributed by atoms with Crippen molar-refractivity contribution in [1.29, 1.82) is 0 Å². The normalized spacial score (nSPS) is 10.2. The van der Waals surface area contributed by atoms with Crippen LogP contribution in [0.2, 0.25) is 0 Å². The number of ether oxygens (including phenoxy) is 1. The average Bonchev–Trinajstić information content (AvgIpc) is 2.96. The SMILES string of the molecule is COc1cc([N+](=O)[O-])ccc1NCCC[n+]1cc[nH]c1. The summed E-state index contributed by atoms with van der Waals surface area (Å²) in [6, 6.07) is 4.55. The summed E-state index contributed by atoms with van der Waals surface area (Å²) in [5, 5.41) is 13.9. The van der Waals surface area contributed by atoms with Crippen molar-refractivity contribution in [3.05, 3.63) is 47.0 Å². The fourth-order valence-electron chi connectivity index (χ4n) is 1.88. The maximum absolute atomic E-state index is 10.7. The second-order valence-corrected chi connectivity index (χ2v) is 4.27. The zero-order chi connectivity index (χ0) is 14.4. The summed E-state index contributed by atoms with van der Waals surface area (Å²) in [6.45, 7) is 1.65. The number of nitro benzene ring substituents is 1. The molecule has 2 aromatic rings. The monoisotopic (exact) mass is 277 g/mol. The standard InChI is InChI=1S/C13H16N4O3/c1-20-13-9-11(17(18)19)3-4-12(13)15-5-2-7-16-8-6-14-10-16/h3-4,6,8-10,15H,2,5,7H2,1H3/p+1. The van der Waals surface area contributed by atoms with Crippen LogP contribution in [0.3, 0.4) is 0 Å². The fourth-order valence-corrected chi connectivity index (χ4v) is 1.88. The van der Waals surface area contributed by atoms with Gasteiger partial charge in [-0.2, -0.15) is 0 Å². The molecule has 0 saturated heterocycles. The molecule has 0 aliphatic rings. The Kier molecular flexibility index (Phi) is 4.54. The zero-order valence-corrected chi connectivity index (χ0v) is 11.2. The van der Waals surface area contributed by atoms with Crippen molar-refractivity contribution in [2.45, 2.75) is 13.0 Å². The van der Waals surface area contributed by atoms with E-state index < -0.39 is 4.92 Å². The second kappa shape index (κ2) is 6.55. The van der Waals surface area contributed by atoms with Gasteiger partial charge in [-0.15, -0.1) is 0 Å². The molecule has 1 heterocycles. The smallest absolute Gasteiger partial charge is 0.273 e. The number of non-ortho nitro benzene ring substituents is 1. The van der Waals surface area contributed by atoms with Gasteiger partial charge in [0, 0.05) is 19.0 Å². The van der Waals surface area contributed by atoms with Crippen LogP contribution in [0.5, 0.6) is 5.75 Å². The molecule has 0 unspecified atom stereocenters. The molecule has 0 aliphatic carbocycles. The first-order chi connectivity index (χ1) is 9.70. The maximum atomic E-state index is 10.7. The Hall–Kier alpha value is -2.57. The lowest BCUT2D eigenvalue weighted by molar-refractivity contribution is -0.695. The molecular formula is C13H17N4O3+. The van der Waals surface area contributed by atoms with Gasteiger partial charge in [-0.1, -0.05) is 0 Å². The lowest BCUT2D eigenvalue weighted by Gasteiger charge is -2.10. The quantitative estimate of drug-likeness (QED) is 0.349. The highest BCUT2D eigenvalue weighted by molar-refractivity contribution is 5.60. The number of aromatic amines is 1. The van der Waals surface area contributed by atoms with Crippen LogP contribution in [0.15, 0.2) is 36.9 Å². The minimum absolute atomic E-state index is 0.0234. The zero-order valence-electron chi connectivity index (χ0n) is 11.2. The molecule has 1 aromatic carbocycles. The number of H-pyrrole nitrogens is 1. The van der Waals surface area contributed by atoms with Crippen LogP contribution in [-0.4, -0.2) is 23.6 Å². The number of nitrogens with one attached hydrogen (secondary N) is 2. The van der Waals surface area contributed by atoms with E-state index in [9.17, 15) is 10.1 Å². The third-order valence-electron chi connectivity index (χ3n) is 2.91. The summed E-state index contributed by atoms with van der Waals surface area (Å²) in [6.07, 6.45) is 6.66. The number of imidazole rings is 1. The van der Waals surface area contributed by atoms with E-state index in [4.69, 9.17) is 4.74 Å². The first-order valence-electron chi connectivity index (χ1n) is 6.29. The van der Waals surface area contributed by atoms with Crippen molar-refractivity contribution in [1.82, 2.24) is 4.98 Å². The number of hydrogen-bond acceptors (Lipinski definition) is 4. The number of nitro groups is 1. The van der Waals surface area contributed by atoms with Crippen LogP contribution in [0.25, 0.3) is 0 Å². The van der Waals surface area contributed by atoms with Crippen LogP contribution in [-0.2, 0) is 6.54 Å². The predicted octanol–water partition coefficient (Wildman–Crippen LogP) is 1.72. The van der Waals surface area contributed by atoms with Crippen LogP contribution in [0.4, 0.5) is 11.4 Å². The molecule has 2 rings (SSSR count). The minimum atomic E-state index is -0.436. The number of nitrogens with zero attached hydrogens (tertiary/aromatic N) is 2. The molecule has 0 radical (unpaired) electrons. The van der Waals surface area contributed by atoms with E-state index in [-0.39, 0.29) is 5.69 Å².